The molecule has 1 amide bonds. The number of carbonyl (C=O) groups excluding carboxylic acids is 1. The molecule has 4 nitrogen and oxygen atoms in total. The maximum atomic E-state index is 12.2. The van der Waals surface area contributed by atoms with Crippen molar-refractivity contribution in [2.45, 2.75) is 25.9 Å². The minimum atomic E-state index is -0.224. The molecular formula is C14H14BrN3O. The third kappa shape index (κ3) is 2.08. The minimum absolute atomic E-state index is 0.0385. The Morgan fingerprint density at radius 2 is 2.05 bits per heavy atom. The van der Waals surface area contributed by atoms with Crippen LogP contribution in [0.1, 0.15) is 24.3 Å². The van der Waals surface area contributed by atoms with Crippen LogP contribution >= 0.6 is 15.9 Å². The molecule has 3 heterocycles. The first-order valence-electron chi connectivity index (χ1n) is 6.09. The van der Waals surface area contributed by atoms with Crippen molar-refractivity contribution < 1.29 is 4.79 Å². The average Bonchev–Trinajstić information content (AvgIpc) is 2.66. The summed E-state index contributed by atoms with van der Waals surface area (Å²) in [6.07, 6.45) is 5.53. The molecule has 19 heavy (non-hydrogen) atoms. The van der Waals surface area contributed by atoms with Gasteiger partial charge in [0.25, 0.3) is 5.91 Å². The lowest BCUT2D eigenvalue weighted by Gasteiger charge is -2.32. The quantitative estimate of drug-likeness (QED) is 0.878. The van der Waals surface area contributed by atoms with Crippen molar-refractivity contribution in [1.82, 2.24) is 14.9 Å². The largest absolute Gasteiger partial charge is 0.344 e. The summed E-state index contributed by atoms with van der Waals surface area (Å²) < 4.78 is 2.85. The third-order valence-electron chi connectivity index (χ3n) is 3.24. The summed E-state index contributed by atoms with van der Waals surface area (Å²) in [4.78, 5) is 16.2. The number of pyridine rings is 1. The first-order chi connectivity index (χ1) is 8.98. The van der Waals surface area contributed by atoms with Crippen LogP contribution in [0.4, 0.5) is 0 Å². The molecule has 0 spiro atoms. The molecule has 5 heteroatoms. The predicted molar refractivity (Wildman–Crippen MR) is 76.9 cm³/mol. The maximum Gasteiger partial charge on any atom is 0.269 e. The SMILES string of the molecule is CC1(C)Cn2cc(-c3ccncc3)c(Br)c2C(=O)N1. The van der Waals surface area contributed by atoms with Crippen molar-refractivity contribution in [3.8, 4) is 11.1 Å². The van der Waals surface area contributed by atoms with E-state index in [4.69, 9.17) is 0 Å². The molecule has 0 aliphatic carbocycles. The first-order valence-corrected chi connectivity index (χ1v) is 6.89. The van der Waals surface area contributed by atoms with Crippen molar-refractivity contribution in [2.24, 2.45) is 0 Å². The Bertz CT molecular complexity index is 646. The first kappa shape index (κ1) is 12.4. The third-order valence-corrected chi connectivity index (χ3v) is 4.04. The summed E-state index contributed by atoms with van der Waals surface area (Å²) in [6, 6.07) is 3.88. The van der Waals surface area contributed by atoms with Crippen molar-refractivity contribution >= 4 is 21.8 Å². The van der Waals surface area contributed by atoms with Crippen LogP contribution in [0.25, 0.3) is 11.1 Å². The van der Waals surface area contributed by atoms with Gasteiger partial charge in [-0.3, -0.25) is 9.78 Å². The Morgan fingerprint density at radius 3 is 2.74 bits per heavy atom. The summed E-state index contributed by atoms with van der Waals surface area (Å²) in [5.41, 5.74) is 2.53. The van der Waals surface area contributed by atoms with Crippen LogP contribution in [0.3, 0.4) is 0 Å². The molecule has 3 rings (SSSR count). The van der Waals surface area contributed by atoms with Crippen molar-refractivity contribution in [3.63, 3.8) is 0 Å². The Kier molecular flexibility index (Phi) is 2.74. The zero-order valence-electron chi connectivity index (χ0n) is 10.8. The van der Waals surface area contributed by atoms with Crippen LogP contribution < -0.4 is 5.32 Å². The number of carbonyl (C=O) groups is 1. The van der Waals surface area contributed by atoms with E-state index in [0.29, 0.717) is 5.69 Å². The van der Waals surface area contributed by atoms with E-state index in [1.54, 1.807) is 12.4 Å². The van der Waals surface area contributed by atoms with E-state index in [0.717, 1.165) is 22.1 Å². The standard InChI is InChI=1S/C14H14BrN3O/c1-14(2)8-18-7-10(9-3-5-16-6-4-9)11(15)12(18)13(19)17-14/h3-7H,8H2,1-2H3,(H,17,19). The van der Waals surface area contributed by atoms with Gasteiger partial charge < -0.3 is 9.88 Å². The molecule has 0 saturated carbocycles. The molecule has 2 aromatic rings. The fourth-order valence-corrected chi connectivity index (χ4v) is 3.19. The monoisotopic (exact) mass is 319 g/mol. The van der Waals surface area contributed by atoms with Crippen LogP contribution in [0, 0.1) is 0 Å². The van der Waals surface area contributed by atoms with Crippen LogP contribution in [0.2, 0.25) is 0 Å². The Morgan fingerprint density at radius 1 is 1.37 bits per heavy atom. The lowest BCUT2D eigenvalue weighted by Crippen LogP contribution is -2.51. The number of amides is 1. The highest BCUT2D eigenvalue weighted by Gasteiger charge is 2.32. The van der Waals surface area contributed by atoms with Gasteiger partial charge in [0.1, 0.15) is 5.69 Å². The molecule has 98 valence electrons. The minimum Gasteiger partial charge on any atom is -0.344 e. The Balaban J connectivity index is 2.15. The van der Waals surface area contributed by atoms with Gasteiger partial charge in [-0.25, -0.2) is 0 Å². The summed E-state index contributed by atoms with van der Waals surface area (Å²) in [5, 5.41) is 3.02. The zero-order chi connectivity index (χ0) is 13.6. The van der Waals surface area contributed by atoms with Crippen molar-refractivity contribution in [1.29, 1.82) is 0 Å². The summed E-state index contributed by atoms with van der Waals surface area (Å²) in [6.45, 7) is 4.81. The van der Waals surface area contributed by atoms with Gasteiger partial charge in [0, 0.05) is 30.7 Å². The second-order valence-corrected chi connectivity index (χ2v) is 6.20. The van der Waals surface area contributed by atoms with Gasteiger partial charge in [0.2, 0.25) is 0 Å². The molecule has 0 atom stereocenters. The average molecular weight is 320 g/mol. The molecule has 0 radical (unpaired) electrons. The molecule has 0 aromatic carbocycles. The second kappa shape index (κ2) is 4.20. The summed E-state index contributed by atoms with van der Waals surface area (Å²) in [5.74, 6) is -0.0385. The van der Waals surface area contributed by atoms with Gasteiger partial charge in [-0.05, 0) is 47.5 Å². The highest BCUT2D eigenvalue weighted by molar-refractivity contribution is 9.10. The molecule has 0 unspecified atom stereocenters. The number of halogens is 1. The fraction of sp³-hybridized carbons (Fsp3) is 0.286. The van der Waals surface area contributed by atoms with Gasteiger partial charge >= 0.3 is 0 Å². The van der Waals surface area contributed by atoms with Gasteiger partial charge in [-0.2, -0.15) is 0 Å². The van der Waals surface area contributed by atoms with E-state index in [9.17, 15) is 4.79 Å². The number of hydrogen-bond donors (Lipinski definition) is 1. The van der Waals surface area contributed by atoms with Crippen LogP contribution in [0.15, 0.2) is 35.2 Å². The summed E-state index contributed by atoms with van der Waals surface area (Å²) >= 11 is 3.55. The number of fused-ring (bicyclic) bond motifs is 1. The van der Waals surface area contributed by atoms with Gasteiger partial charge in [0.15, 0.2) is 0 Å². The molecule has 2 aromatic heterocycles. The van der Waals surface area contributed by atoms with E-state index >= 15 is 0 Å². The van der Waals surface area contributed by atoms with Crippen LogP contribution in [0.5, 0.6) is 0 Å². The van der Waals surface area contributed by atoms with E-state index in [1.807, 2.05) is 36.7 Å². The van der Waals surface area contributed by atoms with Gasteiger partial charge in [0.05, 0.1) is 10.0 Å². The van der Waals surface area contributed by atoms with E-state index < -0.39 is 0 Å². The van der Waals surface area contributed by atoms with Crippen molar-refractivity contribution in [2.75, 3.05) is 0 Å². The number of nitrogens with zero attached hydrogens (tertiary/aromatic N) is 2. The van der Waals surface area contributed by atoms with E-state index in [2.05, 4.69) is 26.2 Å². The topological polar surface area (TPSA) is 46.9 Å². The van der Waals surface area contributed by atoms with E-state index in [-0.39, 0.29) is 11.4 Å². The highest BCUT2D eigenvalue weighted by atomic mass is 79.9. The van der Waals surface area contributed by atoms with Gasteiger partial charge in [-0.1, -0.05) is 0 Å². The predicted octanol–water partition coefficient (Wildman–Crippen LogP) is 2.83. The van der Waals surface area contributed by atoms with E-state index in [1.165, 1.54) is 0 Å². The molecule has 1 N–H and O–H groups in total. The molecule has 1 aliphatic rings. The van der Waals surface area contributed by atoms with Crippen LogP contribution in [-0.2, 0) is 6.54 Å². The Hall–Kier alpha value is -1.62. The molecular weight excluding hydrogens is 306 g/mol. The number of aromatic nitrogens is 2. The number of rotatable bonds is 1. The molecule has 0 saturated heterocycles. The number of nitrogens with one attached hydrogen (secondary N) is 1. The molecule has 1 aliphatic heterocycles. The van der Waals surface area contributed by atoms with Crippen LogP contribution in [-0.4, -0.2) is 21.0 Å². The molecule has 0 bridgehead atoms. The lowest BCUT2D eigenvalue weighted by atomic mass is 10.0. The lowest BCUT2D eigenvalue weighted by molar-refractivity contribution is 0.0861. The number of hydrogen-bond acceptors (Lipinski definition) is 2. The normalized spacial score (nSPS) is 16.9. The fourth-order valence-electron chi connectivity index (χ4n) is 2.45. The zero-order valence-corrected chi connectivity index (χ0v) is 12.4. The highest BCUT2D eigenvalue weighted by Crippen LogP contribution is 2.35. The second-order valence-electron chi connectivity index (χ2n) is 5.41. The van der Waals surface area contributed by atoms with Gasteiger partial charge in [-0.15, -0.1) is 0 Å². The Labute approximate surface area is 120 Å². The summed E-state index contributed by atoms with van der Waals surface area (Å²) in [7, 11) is 0. The van der Waals surface area contributed by atoms with Crippen molar-refractivity contribution in [3.05, 3.63) is 40.9 Å². The smallest absolute Gasteiger partial charge is 0.269 e. The molecule has 0 fully saturated rings. The maximum absolute atomic E-state index is 12.2.